The molecule has 0 aliphatic rings. The van der Waals surface area contributed by atoms with Gasteiger partial charge in [-0.05, 0) is 6.92 Å². The molecule has 0 heterocycles. The Labute approximate surface area is 163 Å². The van der Waals surface area contributed by atoms with Gasteiger partial charge in [0.2, 0.25) is 0 Å². The van der Waals surface area contributed by atoms with Gasteiger partial charge in [-0.2, -0.15) is 0 Å². The summed E-state index contributed by atoms with van der Waals surface area (Å²) in [4.78, 5) is 0. The van der Waals surface area contributed by atoms with E-state index >= 15 is 0 Å². The standard InChI is InChI=1S/C19H36O8/c1-3-5-21-8-9-23-12-13-25-16-17-27-19-18-26-15-14-24-11-10-22-7-6-20-4-2/h1H,4-19H2,2H3. The minimum Gasteiger partial charge on any atom is -0.379 e. The van der Waals surface area contributed by atoms with E-state index in [1.165, 1.54) is 0 Å². The summed E-state index contributed by atoms with van der Waals surface area (Å²) >= 11 is 0. The lowest BCUT2D eigenvalue weighted by Gasteiger charge is -2.08. The van der Waals surface area contributed by atoms with E-state index in [9.17, 15) is 0 Å². The van der Waals surface area contributed by atoms with Gasteiger partial charge in [0.05, 0.1) is 92.5 Å². The van der Waals surface area contributed by atoms with E-state index in [2.05, 4.69) is 5.92 Å². The monoisotopic (exact) mass is 392 g/mol. The molecule has 0 radical (unpaired) electrons. The summed E-state index contributed by atoms with van der Waals surface area (Å²) < 4.78 is 42.4. The smallest absolute Gasteiger partial charge is 0.107 e. The number of hydrogen-bond acceptors (Lipinski definition) is 8. The van der Waals surface area contributed by atoms with Crippen LogP contribution in [0.2, 0.25) is 0 Å². The van der Waals surface area contributed by atoms with Crippen LogP contribution in [-0.4, -0.2) is 106 Å². The van der Waals surface area contributed by atoms with E-state index in [0.29, 0.717) is 106 Å². The van der Waals surface area contributed by atoms with Crippen LogP contribution in [0.15, 0.2) is 0 Å². The first-order valence-electron chi connectivity index (χ1n) is 9.47. The van der Waals surface area contributed by atoms with Crippen LogP contribution in [0.25, 0.3) is 0 Å². The van der Waals surface area contributed by atoms with Gasteiger partial charge in [0.1, 0.15) is 6.61 Å². The van der Waals surface area contributed by atoms with Crippen LogP contribution in [0.3, 0.4) is 0 Å². The highest BCUT2D eigenvalue weighted by Crippen LogP contribution is 1.85. The summed E-state index contributed by atoms with van der Waals surface area (Å²) in [6.45, 7) is 10.7. The molecule has 0 fully saturated rings. The normalized spacial score (nSPS) is 11.0. The lowest BCUT2D eigenvalue weighted by molar-refractivity contribution is -0.0222. The van der Waals surface area contributed by atoms with Gasteiger partial charge in [-0.15, -0.1) is 6.42 Å². The van der Waals surface area contributed by atoms with E-state index < -0.39 is 0 Å². The fraction of sp³-hybridized carbons (Fsp3) is 0.895. The second-order valence-electron chi connectivity index (χ2n) is 5.13. The molecule has 0 N–H and O–H groups in total. The van der Waals surface area contributed by atoms with E-state index in [1.807, 2.05) is 6.92 Å². The minimum absolute atomic E-state index is 0.318. The number of ether oxygens (including phenoxy) is 8. The van der Waals surface area contributed by atoms with Gasteiger partial charge in [-0.3, -0.25) is 0 Å². The van der Waals surface area contributed by atoms with Crippen LogP contribution in [0.1, 0.15) is 6.92 Å². The SMILES string of the molecule is C#CCOCCOCCOCCOCCOCCOCCOCCOCC. The molecule has 0 bridgehead atoms. The molecule has 0 aromatic carbocycles. The molecule has 0 rings (SSSR count). The summed E-state index contributed by atoms with van der Waals surface area (Å²) in [5.41, 5.74) is 0. The predicted octanol–water partition coefficient (Wildman–Crippen LogP) is 0.772. The summed E-state index contributed by atoms with van der Waals surface area (Å²) in [6.07, 6.45) is 5.05. The van der Waals surface area contributed by atoms with Crippen molar-refractivity contribution in [2.45, 2.75) is 6.92 Å². The molecule has 0 atom stereocenters. The Hall–Kier alpha value is -0.760. The Morgan fingerprint density at radius 1 is 0.444 bits per heavy atom. The second kappa shape index (κ2) is 25.2. The fourth-order valence-corrected chi connectivity index (χ4v) is 1.71. The number of rotatable bonds is 23. The maximum Gasteiger partial charge on any atom is 0.107 e. The fourth-order valence-electron chi connectivity index (χ4n) is 1.71. The highest BCUT2D eigenvalue weighted by Gasteiger charge is 1.94. The van der Waals surface area contributed by atoms with Crippen molar-refractivity contribution in [1.29, 1.82) is 0 Å². The molecule has 160 valence electrons. The third-order valence-electron chi connectivity index (χ3n) is 2.99. The van der Waals surface area contributed by atoms with E-state index in [1.54, 1.807) is 0 Å². The quantitative estimate of drug-likeness (QED) is 0.187. The molecule has 8 nitrogen and oxygen atoms in total. The van der Waals surface area contributed by atoms with Gasteiger partial charge < -0.3 is 37.9 Å². The molecule has 0 aliphatic carbocycles. The summed E-state index contributed by atoms with van der Waals surface area (Å²) in [5, 5.41) is 0. The lowest BCUT2D eigenvalue weighted by Crippen LogP contribution is -2.14. The molecule has 0 spiro atoms. The van der Waals surface area contributed by atoms with Gasteiger partial charge in [0.25, 0.3) is 0 Å². The zero-order valence-corrected chi connectivity index (χ0v) is 16.7. The maximum atomic E-state index is 5.40. The zero-order chi connectivity index (χ0) is 19.7. The second-order valence-corrected chi connectivity index (χ2v) is 5.13. The molecule has 0 aromatic heterocycles. The molecule has 0 saturated carbocycles. The molecule has 0 aromatic rings. The molecular formula is C19H36O8. The first-order valence-corrected chi connectivity index (χ1v) is 9.47. The van der Waals surface area contributed by atoms with Crippen LogP contribution in [-0.2, 0) is 37.9 Å². The predicted molar refractivity (Wildman–Crippen MR) is 101 cm³/mol. The van der Waals surface area contributed by atoms with Crippen molar-refractivity contribution in [2.75, 3.05) is 106 Å². The van der Waals surface area contributed by atoms with Crippen LogP contribution in [0.4, 0.5) is 0 Å². The van der Waals surface area contributed by atoms with Gasteiger partial charge in [-0.25, -0.2) is 0 Å². The third kappa shape index (κ3) is 25.2. The topological polar surface area (TPSA) is 73.8 Å². The van der Waals surface area contributed by atoms with Gasteiger partial charge in [0, 0.05) is 6.61 Å². The summed E-state index contributed by atoms with van der Waals surface area (Å²) in [6, 6.07) is 0. The van der Waals surface area contributed by atoms with Crippen molar-refractivity contribution < 1.29 is 37.9 Å². The van der Waals surface area contributed by atoms with Crippen molar-refractivity contribution in [3.63, 3.8) is 0 Å². The van der Waals surface area contributed by atoms with Gasteiger partial charge >= 0.3 is 0 Å². The average Bonchev–Trinajstić information content (AvgIpc) is 2.68. The first kappa shape index (κ1) is 26.2. The summed E-state index contributed by atoms with van der Waals surface area (Å²) in [5.74, 6) is 2.39. The number of hydrogen-bond donors (Lipinski definition) is 0. The molecule has 0 saturated heterocycles. The molecule has 27 heavy (non-hydrogen) atoms. The summed E-state index contributed by atoms with van der Waals surface area (Å²) in [7, 11) is 0. The van der Waals surface area contributed by atoms with E-state index in [4.69, 9.17) is 44.3 Å². The van der Waals surface area contributed by atoms with Crippen LogP contribution < -0.4 is 0 Å². The molecule has 0 unspecified atom stereocenters. The van der Waals surface area contributed by atoms with Crippen molar-refractivity contribution in [2.24, 2.45) is 0 Å². The van der Waals surface area contributed by atoms with E-state index in [0.717, 1.165) is 0 Å². The van der Waals surface area contributed by atoms with Crippen LogP contribution in [0.5, 0.6) is 0 Å². The largest absolute Gasteiger partial charge is 0.379 e. The van der Waals surface area contributed by atoms with Crippen LogP contribution in [0, 0.1) is 12.3 Å². The lowest BCUT2D eigenvalue weighted by atomic mass is 10.6. The molecule has 0 amide bonds. The molecular weight excluding hydrogens is 356 g/mol. The van der Waals surface area contributed by atoms with Crippen molar-refractivity contribution >= 4 is 0 Å². The van der Waals surface area contributed by atoms with Crippen molar-refractivity contribution in [1.82, 2.24) is 0 Å². The Bertz CT molecular complexity index is 309. The Morgan fingerprint density at radius 2 is 0.704 bits per heavy atom. The average molecular weight is 392 g/mol. The zero-order valence-electron chi connectivity index (χ0n) is 16.7. The first-order chi connectivity index (χ1) is 13.4. The van der Waals surface area contributed by atoms with Gasteiger partial charge in [0.15, 0.2) is 0 Å². The van der Waals surface area contributed by atoms with Crippen LogP contribution >= 0.6 is 0 Å². The Balaban J connectivity index is 2.96. The van der Waals surface area contributed by atoms with E-state index in [-0.39, 0.29) is 0 Å². The highest BCUT2D eigenvalue weighted by molar-refractivity contribution is 4.82. The Morgan fingerprint density at radius 3 is 0.963 bits per heavy atom. The number of terminal acetylenes is 1. The van der Waals surface area contributed by atoms with Crippen molar-refractivity contribution in [3.8, 4) is 12.3 Å². The Kier molecular flexibility index (Phi) is 24.5. The highest BCUT2D eigenvalue weighted by atomic mass is 16.6. The maximum absolute atomic E-state index is 5.40. The minimum atomic E-state index is 0.318. The third-order valence-corrected chi connectivity index (χ3v) is 2.99. The molecule has 0 aliphatic heterocycles. The van der Waals surface area contributed by atoms with Gasteiger partial charge in [-0.1, -0.05) is 5.92 Å². The molecule has 8 heteroatoms. The van der Waals surface area contributed by atoms with Crippen molar-refractivity contribution in [3.05, 3.63) is 0 Å².